The van der Waals surface area contributed by atoms with Gasteiger partial charge in [0.25, 0.3) is 5.91 Å². The van der Waals surface area contributed by atoms with Crippen LogP contribution in [-0.2, 0) is 14.4 Å². The zero-order valence-electron chi connectivity index (χ0n) is 17.1. The highest BCUT2D eigenvalue weighted by atomic mass is 16.4. The van der Waals surface area contributed by atoms with E-state index in [1.54, 1.807) is 24.3 Å². The van der Waals surface area contributed by atoms with Crippen LogP contribution in [0.4, 0.5) is 5.69 Å². The molecule has 2 heterocycles. The Bertz CT molecular complexity index is 947. The first-order chi connectivity index (χ1) is 15.5. The maximum absolute atomic E-state index is 12.4. The highest BCUT2D eigenvalue weighted by molar-refractivity contribution is 6.07. The number of hydrogen-bond donors (Lipinski definition) is 6. The third-order valence-electron chi connectivity index (χ3n) is 4.61. The fraction of sp³-hybridized carbons (Fsp3) is 0.368. The van der Waals surface area contributed by atoms with Crippen molar-refractivity contribution in [3.63, 3.8) is 0 Å². The molecule has 0 aromatic heterocycles. The Kier molecular flexibility index (Phi) is 7.56. The average molecular weight is 444 g/mol. The number of nitrogens with zero attached hydrogens (tertiary/aromatic N) is 3. The molecule has 3 amide bonds. The van der Waals surface area contributed by atoms with Gasteiger partial charge in [-0.3, -0.25) is 29.3 Å². The molecule has 13 nitrogen and oxygen atoms in total. The molecule has 2 aliphatic heterocycles. The van der Waals surface area contributed by atoms with E-state index in [0.717, 1.165) is 12.5 Å². The van der Waals surface area contributed by atoms with E-state index in [-0.39, 0.29) is 19.5 Å². The number of nitrogens with one attached hydrogen (secondary N) is 5. The van der Waals surface area contributed by atoms with E-state index in [1.807, 2.05) is 4.90 Å². The van der Waals surface area contributed by atoms with Gasteiger partial charge < -0.3 is 31.7 Å². The second-order valence-corrected chi connectivity index (χ2v) is 6.86. The standard InChI is InChI=1S/C19H24N8O5/c28-11-25-14(17(31)32)9-23-15(29)10-24-16(30)12-2-1-3-13(8-12)26-19-22-6-7-27(19)18-20-4-5-21-18/h1-3,8,11,14H,4-7,9-10H2,(H,20,21)(H,22,26)(H,23,29)(H,24,30)(H,25,28)(H,31,32)/t14-/m0/s1. The summed E-state index contributed by atoms with van der Waals surface area (Å²) in [5.41, 5.74) is 0.978. The van der Waals surface area contributed by atoms with Crippen LogP contribution in [0.15, 0.2) is 34.3 Å². The van der Waals surface area contributed by atoms with Crippen LogP contribution in [0, 0.1) is 0 Å². The summed E-state index contributed by atoms with van der Waals surface area (Å²) < 4.78 is 0. The lowest BCUT2D eigenvalue weighted by Gasteiger charge is -2.21. The number of carboxylic acids is 1. The fourth-order valence-corrected chi connectivity index (χ4v) is 3.03. The molecular formula is C19H24N8O5. The van der Waals surface area contributed by atoms with Gasteiger partial charge in [0.05, 0.1) is 19.6 Å². The number of aliphatic imine (C=N–C) groups is 2. The Balaban J connectivity index is 1.51. The summed E-state index contributed by atoms with van der Waals surface area (Å²) in [7, 11) is 0. The van der Waals surface area contributed by atoms with E-state index in [2.05, 4.69) is 36.6 Å². The predicted molar refractivity (Wildman–Crippen MR) is 115 cm³/mol. The van der Waals surface area contributed by atoms with Gasteiger partial charge in [0.15, 0.2) is 0 Å². The van der Waals surface area contributed by atoms with E-state index >= 15 is 0 Å². The van der Waals surface area contributed by atoms with Gasteiger partial charge in [0.2, 0.25) is 24.2 Å². The van der Waals surface area contributed by atoms with Gasteiger partial charge in [-0.05, 0) is 18.2 Å². The first kappa shape index (κ1) is 22.5. The zero-order chi connectivity index (χ0) is 22.9. The van der Waals surface area contributed by atoms with Crippen LogP contribution in [0.2, 0.25) is 0 Å². The van der Waals surface area contributed by atoms with E-state index < -0.39 is 23.8 Å². The monoisotopic (exact) mass is 444 g/mol. The quantitative estimate of drug-likeness (QED) is 0.232. The molecule has 32 heavy (non-hydrogen) atoms. The Hall–Kier alpha value is -4.16. The number of carboxylic acid groups (broad SMARTS) is 1. The van der Waals surface area contributed by atoms with Crippen molar-refractivity contribution in [3.05, 3.63) is 29.8 Å². The molecule has 0 unspecified atom stereocenters. The minimum atomic E-state index is -1.29. The molecule has 3 rings (SSSR count). The summed E-state index contributed by atoms with van der Waals surface area (Å²) in [5, 5.41) is 22.2. The summed E-state index contributed by atoms with van der Waals surface area (Å²) in [5.74, 6) is -0.954. The molecule has 6 N–H and O–H groups in total. The molecule has 170 valence electrons. The van der Waals surface area contributed by atoms with Crippen LogP contribution in [0.3, 0.4) is 0 Å². The minimum Gasteiger partial charge on any atom is -0.480 e. The Morgan fingerprint density at radius 1 is 1.22 bits per heavy atom. The molecule has 1 aromatic rings. The molecule has 0 spiro atoms. The molecular weight excluding hydrogens is 420 g/mol. The summed E-state index contributed by atoms with van der Waals surface area (Å²) >= 11 is 0. The molecule has 2 aliphatic rings. The summed E-state index contributed by atoms with van der Waals surface area (Å²) in [4.78, 5) is 56.4. The van der Waals surface area contributed by atoms with Gasteiger partial charge in [-0.15, -0.1) is 0 Å². The maximum atomic E-state index is 12.4. The molecule has 1 aromatic carbocycles. The van der Waals surface area contributed by atoms with Crippen molar-refractivity contribution in [1.82, 2.24) is 26.2 Å². The van der Waals surface area contributed by atoms with E-state index in [4.69, 9.17) is 5.11 Å². The fourth-order valence-electron chi connectivity index (χ4n) is 3.03. The van der Waals surface area contributed by atoms with Gasteiger partial charge in [-0.25, -0.2) is 4.79 Å². The third kappa shape index (κ3) is 5.93. The zero-order valence-corrected chi connectivity index (χ0v) is 17.1. The largest absolute Gasteiger partial charge is 0.480 e. The number of benzene rings is 1. The minimum absolute atomic E-state index is 0.238. The summed E-state index contributed by atoms with van der Waals surface area (Å²) in [6.07, 6.45) is 0.238. The van der Waals surface area contributed by atoms with Gasteiger partial charge in [-0.1, -0.05) is 6.07 Å². The van der Waals surface area contributed by atoms with Gasteiger partial charge in [-0.2, -0.15) is 0 Å². The van der Waals surface area contributed by atoms with Crippen molar-refractivity contribution in [2.75, 3.05) is 44.6 Å². The number of aliphatic carboxylic acids is 1. The van der Waals surface area contributed by atoms with Crippen LogP contribution in [-0.4, -0.2) is 91.4 Å². The third-order valence-corrected chi connectivity index (χ3v) is 4.61. The van der Waals surface area contributed by atoms with Crippen LogP contribution < -0.4 is 26.6 Å². The molecule has 0 fully saturated rings. The number of hydrogen-bond acceptors (Lipinski definition) is 9. The molecule has 0 bridgehead atoms. The van der Waals surface area contributed by atoms with Gasteiger partial charge in [0, 0.05) is 30.9 Å². The topological polar surface area (TPSA) is 177 Å². The number of carbonyl (C=O) groups is 4. The first-order valence-electron chi connectivity index (χ1n) is 9.92. The lowest BCUT2D eigenvalue weighted by atomic mass is 10.2. The molecule has 0 radical (unpaired) electrons. The van der Waals surface area contributed by atoms with Crippen molar-refractivity contribution in [2.45, 2.75) is 6.04 Å². The summed E-state index contributed by atoms with van der Waals surface area (Å²) in [6, 6.07) is 5.47. The SMILES string of the molecule is O=CN[C@@H](CNC(=O)CNC(=O)c1cccc(NC2=NCCN2C2=NCCN2)c1)C(=O)O. The second-order valence-electron chi connectivity index (χ2n) is 6.86. The van der Waals surface area contributed by atoms with Crippen LogP contribution in [0.25, 0.3) is 0 Å². The van der Waals surface area contributed by atoms with Crippen molar-refractivity contribution in [2.24, 2.45) is 9.98 Å². The van der Waals surface area contributed by atoms with Gasteiger partial charge in [0.1, 0.15) is 6.04 Å². The molecule has 0 saturated carbocycles. The summed E-state index contributed by atoms with van der Waals surface area (Å²) in [6.45, 7) is 2.18. The van der Waals surface area contributed by atoms with Crippen LogP contribution in [0.5, 0.6) is 0 Å². The maximum Gasteiger partial charge on any atom is 0.328 e. The highest BCUT2D eigenvalue weighted by Gasteiger charge is 2.24. The Morgan fingerprint density at radius 3 is 2.78 bits per heavy atom. The number of rotatable bonds is 9. The molecule has 13 heteroatoms. The normalized spacial score (nSPS) is 15.7. The molecule has 0 aliphatic carbocycles. The van der Waals surface area contributed by atoms with E-state index in [0.29, 0.717) is 36.8 Å². The average Bonchev–Trinajstić information content (AvgIpc) is 3.46. The van der Waals surface area contributed by atoms with Crippen molar-refractivity contribution >= 4 is 41.8 Å². The van der Waals surface area contributed by atoms with Crippen LogP contribution in [0.1, 0.15) is 10.4 Å². The Labute approximate surface area is 183 Å². The molecule has 1 atom stereocenters. The van der Waals surface area contributed by atoms with Crippen molar-refractivity contribution in [1.29, 1.82) is 0 Å². The predicted octanol–water partition coefficient (Wildman–Crippen LogP) is -2.23. The van der Waals surface area contributed by atoms with Crippen molar-refractivity contribution in [3.8, 4) is 0 Å². The van der Waals surface area contributed by atoms with E-state index in [1.165, 1.54) is 0 Å². The van der Waals surface area contributed by atoms with Crippen LogP contribution >= 0.6 is 0 Å². The highest BCUT2D eigenvalue weighted by Crippen LogP contribution is 2.14. The molecule has 0 saturated heterocycles. The lowest BCUT2D eigenvalue weighted by Crippen LogP contribution is -2.47. The first-order valence-corrected chi connectivity index (χ1v) is 9.92. The van der Waals surface area contributed by atoms with Crippen molar-refractivity contribution < 1.29 is 24.3 Å². The number of guanidine groups is 2. The number of amides is 3. The number of carbonyl (C=O) groups excluding carboxylic acids is 3. The Morgan fingerprint density at radius 2 is 2.06 bits per heavy atom. The second kappa shape index (κ2) is 10.7. The number of anilines is 1. The smallest absolute Gasteiger partial charge is 0.328 e. The van der Waals surface area contributed by atoms with E-state index in [9.17, 15) is 19.2 Å². The lowest BCUT2D eigenvalue weighted by molar-refractivity contribution is -0.140. The van der Waals surface area contributed by atoms with Gasteiger partial charge >= 0.3 is 5.97 Å².